The number of rotatable bonds is 9. The van der Waals surface area contributed by atoms with E-state index in [1.54, 1.807) is 12.1 Å². The highest BCUT2D eigenvalue weighted by Gasteiger charge is 2.24. The molecule has 0 saturated carbocycles. The summed E-state index contributed by atoms with van der Waals surface area (Å²) in [5.74, 6) is 0.516. The van der Waals surface area contributed by atoms with Crippen molar-refractivity contribution < 1.29 is 9.18 Å². The Labute approximate surface area is 178 Å². The first-order chi connectivity index (χ1) is 14.0. The van der Waals surface area contributed by atoms with Crippen LogP contribution in [-0.4, -0.2) is 12.5 Å². The molecule has 1 unspecified atom stereocenters. The van der Waals surface area contributed by atoms with E-state index < -0.39 is 0 Å². The predicted octanol–water partition coefficient (Wildman–Crippen LogP) is 5.68. The Bertz CT molecular complexity index is 855. The number of halogens is 1. The summed E-state index contributed by atoms with van der Waals surface area (Å²) in [7, 11) is 0. The van der Waals surface area contributed by atoms with Crippen LogP contribution in [0, 0.1) is 11.7 Å². The summed E-state index contributed by atoms with van der Waals surface area (Å²) in [4.78, 5) is 15.7. The number of benzene rings is 2. The van der Waals surface area contributed by atoms with Gasteiger partial charge in [-0.15, -0.1) is 0 Å². The molecule has 0 radical (unpaired) electrons. The number of amides is 1. The highest BCUT2D eigenvalue weighted by Crippen LogP contribution is 2.32. The number of anilines is 1. The molecule has 2 aromatic rings. The van der Waals surface area contributed by atoms with Gasteiger partial charge in [0.1, 0.15) is 5.82 Å². The fraction of sp³-hybridized carbons (Fsp3) is 0.458. The van der Waals surface area contributed by atoms with Gasteiger partial charge in [-0.25, -0.2) is 4.39 Å². The van der Waals surface area contributed by atoms with Crippen molar-refractivity contribution >= 4 is 23.5 Å². The van der Waals surface area contributed by atoms with Crippen LogP contribution in [0.15, 0.2) is 41.3 Å². The van der Waals surface area contributed by atoms with Crippen molar-refractivity contribution in [2.45, 2.75) is 63.7 Å². The Morgan fingerprint density at radius 2 is 2.03 bits per heavy atom. The molecule has 0 saturated heterocycles. The zero-order valence-corrected chi connectivity index (χ0v) is 18.2. The molecule has 3 rings (SSSR count). The largest absolute Gasteiger partial charge is 0.312 e. The molecule has 0 aliphatic carbocycles. The third-order valence-corrected chi connectivity index (χ3v) is 6.55. The molecule has 1 atom stereocenters. The fourth-order valence-corrected chi connectivity index (χ4v) is 4.64. The molecular weight excluding hydrogens is 383 g/mol. The molecule has 0 bridgehead atoms. The molecule has 0 fully saturated rings. The average Bonchev–Trinajstić information content (AvgIpc) is 3.16. The van der Waals surface area contributed by atoms with Gasteiger partial charge in [0.25, 0.3) is 0 Å². The third-order valence-electron chi connectivity index (χ3n) is 6.02. The summed E-state index contributed by atoms with van der Waals surface area (Å²) in [6, 6.07) is 11.2. The quantitative estimate of drug-likeness (QED) is 0.537. The Kier molecular flexibility index (Phi) is 7.73. The van der Waals surface area contributed by atoms with E-state index in [9.17, 15) is 9.18 Å². The maximum atomic E-state index is 13.7. The minimum absolute atomic E-state index is 0.161. The molecule has 156 valence electrons. The van der Waals surface area contributed by atoms with Crippen molar-refractivity contribution in [3.8, 4) is 0 Å². The second-order valence-electron chi connectivity index (χ2n) is 7.84. The highest BCUT2D eigenvalue weighted by atomic mass is 32.2. The minimum atomic E-state index is -0.161. The monoisotopic (exact) mass is 414 g/mol. The Balaban J connectivity index is 1.54. The van der Waals surface area contributed by atoms with Crippen LogP contribution in [0.4, 0.5) is 10.1 Å². The van der Waals surface area contributed by atoms with Gasteiger partial charge in [0.05, 0.1) is 0 Å². The summed E-state index contributed by atoms with van der Waals surface area (Å²) in [5, 5.41) is 5.64. The van der Waals surface area contributed by atoms with E-state index in [1.165, 1.54) is 23.1 Å². The molecule has 0 aromatic heterocycles. The summed E-state index contributed by atoms with van der Waals surface area (Å²) in [5.41, 5.74) is 4.59. The molecule has 5 heteroatoms. The number of hydrogen-bond donors (Lipinski definition) is 1. The van der Waals surface area contributed by atoms with Crippen molar-refractivity contribution in [2.75, 3.05) is 11.4 Å². The number of fused-ring (bicyclic) bond motifs is 1. The zero-order valence-electron chi connectivity index (χ0n) is 17.4. The van der Waals surface area contributed by atoms with Crippen LogP contribution in [0.1, 0.15) is 56.2 Å². The number of nitrogens with two attached hydrogens (primary N) is 1. The molecule has 2 N–H and O–H groups in total. The normalized spacial score (nSPS) is 14.1. The van der Waals surface area contributed by atoms with Crippen molar-refractivity contribution in [2.24, 2.45) is 11.1 Å². The molecule has 1 aliphatic rings. The van der Waals surface area contributed by atoms with Crippen LogP contribution in [0.2, 0.25) is 0 Å². The first-order valence-corrected chi connectivity index (χ1v) is 11.5. The lowest BCUT2D eigenvalue weighted by molar-refractivity contribution is -0.118. The van der Waals surface area contributed by atoms with Gasteiger partial charge >= 0.3 is 0 Å². The second kappa shape index (κ2) is 10.3. The Morgan fingerprint density at radius 1 is 1.21 bits per heavy atom. The van der Waals surface area contributed by atoms with E-state index in [0.717, 1.165) is 61.2 Å². The molecule has 1 heterocycles. The number of nitrogens with zero attached hydrogens (tertiary/aromatic N) is 1. The standard InChI is InChI=1S/C24H31FN2OS/c1-3-17(14-20-15-21(25)9-8-18(20)4-2)6-5-7-24(28)27-13-12-19-16-22(29-26)10-11-23(19)27/h8-11,15-17H,3-7,12-14,26H2,1-2H3. The summed E-state index contributed by atoms with van der Waals surface area (Å²) < 4.78 is 13.7. The summed E-state index contributed by atoms with van der Waals surface area (Å²) in [6.45, 7) is 5.05. The van der Waals surface area contributed by atoms with Gasteiger partial charge in [-0.1, -0.05) is 26.3 Å². The maximum Gasteiger partial charge on any atom is 0.226 e. The van der Waals surface area contributed by atoms with Gasteiger partial charge in [-0.2, -0.15) is 0 Å². The lowest BCUT2D eigenvalue weighted by Crippen LogP contribution is -2.28. The van der Waals surface area contributed by atoms with Gasteiger partial charge in [-0.05, 0) is 97.0 Å². The molecule has 1 amide bonds. The van der Waals surface area contributed by atoms with Crippen LogP contribution >= 0.6 is 11.9 Å². The Hall–Kier alpha value is -1.85. The fourth-order valence-electron chi connectivity index (χ4n) is 4.28. The van der Waals surface area contributed by atoms with Crippen molar-refractivity contribution in [3.63, 3.8) is 0 Å². The first kappa shape index (κ1) is 21.8. The third kappa shape index (κ3) is 5.40. The van der Waals surface area contributed by atoms with Crippen LogP contribution < -0.4 is 10.0 Å². The lowest BCUT2D eigenvalue weighted by atomic mass is 9.89. The van der Waals surface area contributed by atoms with Crippen molar-refractivity contribution in [1.29, 1.82) is 0 Å². The molecule has 3 nitrogen and oxygen atoms in total. The van der Waals surface area contributed by atoms with E-state index >= 15 is 0 Å². The van der Waals surface area contributed by atoms with Crippen molar-refractivity contribution in [3.05, 3.63) is 58.9 Å². The summed E-state index contributed by atoms with van der Waals surface area (Å²) in [6.07, 6.45) is 6.17. The molecule has 1 aliphatic heterocycles. The number of aryl methyl sites for hydroxylation is 1. The van der Waals surface area contributed by atoms with Crippen LogP contribution in [0.3, 0.4) is 0 Å². The SMILES string of the molecule is CCc1ccc(F)cc1CC(CC)CCCC(=O)N1CCc2cc(SN)ccc21. The van der Waals surface area contributed by atoms with Gasteiger partial charge in [0, 0.05) is 23.5 Å². The molecule has 29 heavy (non-hydrogen) atoms. The van der Waals surface area contributed by atoms with E-state index in [-0.39, 0.29) is 11.7 Å². The number of hydrogen-bond acceptors (Lipinski definition) is 3. The molecule has 0 spiro atoms. The Morgan fingerprint density at radius 3 is 2.76 bits per heavy atom. The minimum Gasteiger partial charge on any atom is -0.312 e. The average molecular weight is 415 g/mol. The van der Waals surface area contributed by atoms with Crippen LogP contribution in [0.25, 0.3) is 0 Å². The zero-order chi connectivity index (χ0) is 20.8. The molecular formula is C24H31FN2OS. The smallest absolute Gasteiger partial charge is 0.226 e. The van der Waals surface area contributed by atoms with E-state index in [4.69, 9.17) is 5.14 Å². The first-order valence-electron chi connectivity index (χ1n) is 10.6. The lowest BCUT2D eigenvalue weighted by Gasteiger charge is -2.20. The van der Waals surface area contributed by atoms with Crippen LogP contribution in [0.5, 0.6) is 0 Å². The van der Waals surface area contributed by atoms with Crippen LogP contribution in [-0.2, 0) is 24.1 Å². The predicted molar refractivity (Wildman–Crippen MR) is 120 cm³/mol. The topological polar surface area (TPSA) is 46.3 Å². The van der Waals surface area contributed by atoms with E-state index in [1.807, 2.05) is 23.1 Å². The number of carbonyl (C=O) groups excluding carboxylic acids is 1. The van der Waals surface area contributed by atoms with Gasteiger partial charge in [-0.3, -0.25) is 9.93 Å². The van der Waals surface area contributed by atoms with E-state index in [2.05, 4.69) is 19.9 Å². The second-order valence-corrected chi connectivity index (χ2v) is 8.55. The highest BCUT2D eigenvalue weighted by molar-refractivity contribution is 7.97. The van der Waals surface area contributed by atoms with Crippen molar-refractivity contribution in [1.82, 2.24) is 0 Å². The van der Waals surface area contributed by atoms with Gasteiger partial charge in [0.15, 0.2) is 0 Å². The van der Waals surface area contributed by atoms with Gasteiger partial charge in [0.2, 0.25) is 5.91 Å². The molecule has 2 aromatic carbocycles. The van der Waals surface area contributed by atoms with Gasteiger partial charge < -0.3 is 4.90 Å². The van der Waals surface area contributed by atoms with E-state index in [0.29, 0.717) is 12.3 Å². The summed E-state index contributed by atoms with van der Waals surface area (Å²) >= 11 is 1.24. The number of carbonyl (C=O) groups is 1. The maximum absolute atomic E-state index is 13.7.